The number of benzene rings is 2. The molecular weight excluding hydrogens is 345 g/mol. The van der Waals surface area contributed by atoms with Crippen LogP contribution < -0.4 is 5.32 Å². The van der Waals surface area contributed by atoms with Crippen molar-refractivity contribution in [2.75, 3.05) is 0 Å². The zero-order valence-electron chi connectivity index (χ0n) is 10.7. The molecule has 0 aromatic heterocycles. The molecule has 0 fully saturated rings. The topological polar surface area (TPSA) is 29.1 Å². The van der Waals surface area contributed by atoms with Crippen LogP contribution in [0.4, 0.5) is 4.39 Å². The van der Waals surface area contributed by atoms with Gasteiger partial charge >= 0.3 is 0 Å². The molecule has 2 nitrogen and oxygen atoms in total. The van der Waals surface area contributed by atoms with Gasteiger partial charge in [-0.05, 0) is 48.9 Å². The van der Waals surface area contributed by atoms with Gasteiger partial charge in [0.05, 0.1) is 0 Å². The van der Waals surface area contributed by atoms with E-state index in [0.29, 0.717) is 16.1 Å². The van der Waals surface area contributed by atoms with Crippen LogP contribution >= 0.6 is 27.5 Å². The van der Waals surface area contributed by atoms with Crippen LogP contribution in [0.3, 0.4) is 0 Å². The molecule has 0 aliphatic heterocycles. The number of carbonyl (C=O) groups is 1. The first-order chi connectivity index (χ1) is 9.47. The normalized spacial score (nSPS) is 10.4. The van der Waals surface area contributed by atoms with Gasteiger partial charge in [0.25, 0.3) is 5.91 Å². The molecule has 0 bridgehead atoms. The second-order valence-corrected chi connectivity index (χ2v) is 5.71. The lowest BCUT2D eigenvalue weighted by atomic mass is 10.1. The smallest absolute Gasteiger partial charge is 0.251 e. The Kier molecular flexibility index (Phi) is 4.78. The lowest BCUT2D eigenvalue weighted by molar-refractivity contribution is 0.0950. The molecule has 0 heterocycles. The summed E-state index contributed by atoms with van der Waals surface area (Å²) in [7, 11) is 0. The first-order valence-electron chi connectivity index (χ1n) is 5.95. The fourth-order valence-corrected chi connectivity index (χ4v) is 2.27. The minimum Gasteiger partial charge on any atom is -0.348 e. The summed E-state index contributed by atoms with van der Waals surface area (Å²) in [4.78, 5) is 12.0. The molecule has 104 valence electrons. The molecule has 0 spiro atoms. The molecule has 5 heteroatoms. The molecule has 0 aliphatic carbocycles. The van der Waals surface area contributed by atoms with Gasteiger partial charge in [-0.15, -0.1) is 0 Å². The highest BCUT2D eigenvalue weighted by Crippen LogP contribution is 2.17. The molecule has 2 aromatic carbocycles. The predicted molar refractivity (Wildman–Crippen MR) is 81.5 cm³/mol. The Bertz CT molecular complexity index is 660. The number of rotatable bonds is 3. The third-order valence-electron chi connectivity index (χ3n) is 2.87. The van der Waals surface area contributed by atoms with E-state index in [0.717, 1.165) is 10.0 Å². The van der Waals surface area contributed by atoms with Gasteiger partial charge in [0.1, 0.15) is 5.82 Å². The SMILES string of the molecule is Cc1cc(C(=O)NCc2cc(Br)ccc2F)ccc1Cl. The Hall–Kier alpha value is -1.39. The van der Waals surface area contributed by atoms with Gasteiger partial charge in [0, 0.05) is 27.2 Å². The van der Waals surface area contributed by atoms with Gasteiger partial charge in [0.2, 0.25) is 0 Å². The van der Waals surface area contributed by atoms with E-state index in [4.69, 9.17) is 11.6 Å². The Balaban J connectivity index is 2.08. The van der Waals surface area contributed by atoms with Gasteiger partial charge < -0.3 is 5.32 Å². The summed E-state index contributed by atoms with van der Waals surface area (Å²) in [5.41, 5.74) is 1.76. The Labute approximate surface area is 130 Å². The number of aryl methyl sites for hydroxylation is 1. The van der Waals surface area contributed by atoms with Gasteiger partial charge in [-0.25, -0.2) is 4.39 Å². The van der Waals surface area contributed by atoms with Gasteiger partial charge in [-0.1, -0.05) is 27.5 Å². The van der Waals surface area contributed by atoms with Crippen molar-refractivity contribution in [2.45, 2.75) is 13.5 Å². The molecule has 0 saturated heterocycles. The maximum absolute atomic E-state index is 13.5. The fourth-order valence-electron chi connectivity index (χ4n) is 1.74. The molecule has 20 heavy (non-hydrogen) atoms. The molecule has 0 saturated carbocycles. The van der Waals surface area contributed by atoms with Crippen molar-refractivity contribution < 1.29 is 9.18 Å². The zero-order valence-corrected chi connectivity index (χ0v) is 13.1. The van der Waals surface area contributed by atoms with Crippen molar-refractivity contribution in [3.05, 3.63) is 68.4 Å². The van der Waals surface area contributed by atoms with E-state index in [2.05, 4.69) is 21.2 Å². The maximum atomic E-state index is 13.5. The summed E-state index contributed by atoms with van der Waals surface area (Å²) >= 11 is 9.18. The van der Waals surface area contributed by atoms with Crippen LogP contribution in [-0.4, -0.2) is 5.91 Å². The van der Waals surface area contributed by atoms with Crippen LogP contribution in [0.5, 0.6) is 0 Å². The highest BCUT2D eigenvalue weighted by molar-refractivity contribution is 9.10. The number of nitrogens with one attached hydrogen (secondary N) is 1. The molecule has 0 radical (unpaired) electrons. The van der Waals surface area contributed by atoms with Crippen LogP contribution in [0.15, 0.2) is 40.9 Å². The number of hydrogen-bond donors (Lipinski definition) is 1. The van der Waals surface area contributed by atoms with E-state index in [9.17, 15) is 9.18 Å². The van der Waals surface area contributed by atoms with Crippen molar-refractivity contribution >= 4 is 33.4 Å². The Morgan fingerprint density at radius 1 is 1.30 bits per heavy atom. The van der Waals surface area contributed by atoms with Crippen LogP contribution in [0.25, 0.3) is 0 Å². The molecule has 1 amide bonds. The summed E-state index contributed by atoms with van der Waals surface area (Å²) in [6.45, 7) is 1.96. The largest absolute Gasteiger partial charge is 0.348 e. The van der Waals surface area contributed by atoms with E-state index in [-0.39, 0.29) is 18.3 Å². The first kappa shape index (κ1) is 15.0. The summed E-state index contributed by atoms with van der Waals surface area (Å²) in [6.07, 6.45) is 0. The van der Waals surface area contributed by atoms with Crippen molar-refractivity contribution in [1.29, 1.82) is 0 Å². The van der Waals surface area contributed by atoms with E-state index in [1.807, 2.05) is 6.92 Å². The van der Waals surface area contributed by atoms with E-state index >= 15 is 0 Å². The van der Waals surface area contributed by atoms with Crippen molar-refractivity contribution in [1.82, 2.24) is 5.32 Å². The molecule has 1 N–H and O–H groups in total. The number of carbonyl (C=O) groups excluding carboxylic acids is 1. The quantitative estimate of drug-likeness (QED) is 0.863. The minimum atomic E-state index is -0.346. The second-order valence-electron chi connectivity index (χ2n) is 4.38. The summed E-state index contributed by atoms with van der Waals surface area (Å²) < 4.78 is 14.3. The summed E-state index contributed by atoms with van der Waals surface area (Å²) in [5, 5.41) is 3.30. The second kappa shape index (κ2) is 6.37. The molecule has 2 aromatic rings. The lowest BCUT2D eigenvalue weighted by Crippen LogP contribution is -2.23. The average molecular weight is 357 g/mol. The van der Waals surface area contributed by atoms with E-state index < -0.39 is 0 Å². The van der Waals surface area contributed by atoms with Crippen molar-refractivity contribution in [2.24, 2.45) is 0 Å². The molecular formula is C15H12BrClFNO. The predicted octanol–water partition coefficient (Wildman–Crippen LogP) is 4.48. The summed E-state index contributed by atoms with van der Waals surface area (Å²) in [6, 6.07) is 9.63. The van der Waals surface area contributed by atoms with Crippen molar-refractivity contribution in [3.63, 3.8) is 0 Å². The highest BCUT2D eigenvalue weighted by atomic mass is 79.9. The Morgan fingerprint density at radius 3 is 2.75 bits per heavy atom. The number of amides is 1. The monoisotopic (exact) mass is 355 g/mol. The molecule has 2 rings (SSSR count). The van der Waals surface area contributed by atoms with Crippen molar-refractivity contribution in [3.8, 4) is 0 Å². The molecule has 0 atom stereocenters. The molecule has 0 aliphatic rings. The number of halogens is 3. The first-order valence-corrected chi connectivity index (χ1v) is 7.13. The molecule has 0 unspecified atom stereocenters. The zero-order chi connectivity index (χ0) is 14.7. The number of hydrogen-bond acceptors (Lipinski definition) is 1. The standard InChI is InChI=1S/C15H12BrClFNO/c1-9-6-10(2-4-13(9)17)15(20)19-8-11-7-12(16)3-5-14(11)18/h2-7H,8H2,1H3,(H,19,20). The average Bonchev–Trinajstić information content (AvgIpc) is 2.42. The van der Waals surface area contributed by atoms with Crippen LogP contribution in [0.2, 0.25) is 5.02 Å². The summed E-state index contributed by atoms with van der Waals surface area (Å²) in [5.74, 6) is -0.607. The minimum absolute atomic E-state index is 0.131. The third-order valence-corrected chi connectivity index (χ3v) is 3.78. The van der Waals surface area contributed by atoms with Crippen LogP contribution in [0.1, 0.15) is 21.5 Å². The fraction of sp³-hybridized carbons (Fsp3) is 0.133. The Morgan fingerprint density at radius 2 is 2.05 bits per heavy atom. The van der Waals surface area contributed by atoms with Gasteiger partial charge in [0.15, 0.2) is 0 Å². The lowest BCUT2D eigenvalue weighted by Gasteiger charge is -2.08. The van der Waals surface area contributed by atoms with Crippen LogP contribution in [0, 0.1) is 12.7 Å². The van der Waals surface area contributed by atoms with Gasteiger partial charge in [-0.3, -0.25) is 4.79 Å². The maximum Gasteiger partial charge on any atom is 0.251 e. The van der Waals surface area contributed by atoms with Crippen LogP contribution in [-0.2, 0) is 6.54 Å². The third kappa shape index (κ3) is 3.58. The van der Waals surface area contributed by atoms with E-state index in [1.165, 1.54) is 6.07 Å². The van der Waals surface area contributed by atoms with E-state index in [1.54, 1.807) is 30.3 Å². The highest BCUT2D eigenvalue weighted by Gasteiger charge is 2.09. The van der Waals surface area contributed by atoms with Gasteiger partial charge in [-0.2, -0.15) is 0 Å².